The standard InChI is InChI=1S/C14H16O4S/c1-4-17-10-6-9-8(3)13(14(15)16)19-12(9)7-11(10)18-5-2/h6-7H,4-5H2,1-3H3,(H,15,16). The van der Waals surface area contributed by atoms with Gasteiger partial charge in [0.1, 0.15) is 4.88 Å². The van der Waals surface area contributed by atoms with E-state index in [1.165, 1.54) is 11.3 Å². The molecule has 0 saturated carbocycles. The minimum Gasteiger partial charge on any atom is -0.490 e. The molecular weight excluding hydrogens is 264 g/mol. The third kappa shape index (κ3) is 2.51. The molecule has 0 aliphatic rings. The summed E-state index contributed by atoms with van der Waals surface area (Å²) in [6, 6.07) is 3.72. The predicted octanol–water partition coefficient (Wildman–Crippen LogP) is 3.71. The van der Waals surface area contributed by atoms with Crippen molar-refractivity contribution in [2.45, 2.75) is 20.8 Å². The van der Waals surface area contributed by atoms with Crippen LogP contribution in [0.2, 0.25) is 0 Å². The van der Waals surface area contributed by atoms with Crippen LogP contribution in [0.1, 0.15) is 29.1 Å². The van der Waals surface area contributed by atoms with E-state index < -0.39 is 5.97 Å². The van der Waals surface area contributed by atoms with Gasteiger partial charge in [0.15, 0.2) is 11.5 Å². The van der Waals surface area contributed by atoms with Crippen molar-refractivity contribution in [2.75, 3.05) is 13.2 Å². The Morgan fingerprint density at radius 1 is 1.21 bits per heavy atom. The highest BCUT2D eigenvalue weighted by Gasteiger charge is 2.17. The average molecular weight is 280 g/mol. The van der Waals surface area contributed by atoms with E-state index in [0.717, 1.165) is 15.6 Å². The van der Waals surface area contributed by atoms with Crippen LogP contribution in [0.15, 0.2) is 12.1 Å². The summed E-state index contributed by atoms with van der Waals surface area (Å²) in [5, 5.41) is 10.1. The van der Waals surface area contributed by atoms with Gasteiger partial charge in [0.05, 0.1) is 13.2 Å². The molecule has 5 heteroatoms. The van der Waals surface area contributed by atoms with E-state index in [1.807, 2.05) is 32.9 Å². The fraction of sp³-hybridized carbons (Fsp3) is 0.357. The van der Waals surface area contributed by atoms with Crippen LogP contribution in [0.4, 0.5) is 0 Å². The summed E-state index contributed by atoms with van der Waals surface area (Å²) >= 11 is 1.26. The first-order valence-electron chi connectivity index (χ1n) is 6.14. The Hall–Kier alpha value is -1.75. The van der Waals surface area contributed by atoms with Crippen LogP contribution in [-0.4, -0.2) is 24.3 Å². The summed E-state index contributed by atoms with van der Waals surface area (Å²) in [5.41, 5.74) is 0.775. The molecule has 19 heavy (non-hydrogen) atoms. The van der Waals surface area contributed by atoms with Gasteiger partial charge >= 0.3 is 5.97 Å². The van der Waals surface area contributed by atoms with Crippen molar-refractivity contribution in [3.8, 4) is 11.5 Å². The first-order valence-corrected chi connectivity index (χ1v) is 6.96. The number of ether oxygens (including phenoxy) is 2. The van der Waals surface area contributed by atoms with Gasteiger partial charge in [0, 0.05) is 16.2 Å². The van der Waals surface area contributed by atoms with E-state index in [-0.39, 0.29) is 0 Å². The van der Waals surface area contributed by atoms with Crippen LogP contribution in [0.25, 0.3) is 10.1 Å². The normalized spacial score (nSPS) is 10.7. The third-order valence-electron chi connectivity index (χ3n) is 2.80. The fourth-order valence-electron chi connectivity index (χ4n) is 1.97. The number of aryl methyl sites for hydroxylation is 1. The number of aromatic carboxylic acids is 1. The highest BCUT2D eigenvalue weighted by Crippen LogP contribution is 2.39. The molecule has 2 rings (SSSR count). The van der Waals surface area contributed by atoms with Gasteiger partial charge in [0.2, 0.25) is 0 Å². The van der Waals surface area contributed by atoms with E-state index in [2.05, 4.69) is 0 Å². The highest BCUT2D eigenvalue weighted by atomic mass is 32.1. The van der Waals surface area contributed by atoms with E-state index in [4.69, 9.17) is 14.6 Å². The van der Waals surface area contributed by atoms with E-state index >= 15 is 0 Å². The van der Waals surface area contributed by atoms with Crippen LogP contribution in [0, 0.1) is 6.92 Å². The lowest BCUT2D eigenvalue weighted by molar-refractivity contribution is 0.0701. The van der Waals surface area contributed by atoms with Gasteiger partial charge in [-0.3, -0.25) is 0 Å². The van der Waals surface area contributed by atoms with Crippen molar-refractivity contribution in [3.05, 3.63) is 22.6 Å². The molecule has 1 aromatic heterocycles. The molecule has 4 nitrogen and oxygen atoms in total. The van der Waals surface area contributed by atoms with Crippen molar-refractivity contribution in [3.63, 3.8) is 0 Å². The first kappa shape index (κ1) is 13.7. The third-order valence-corrected chi connectivity index (χ3v) is 4.04. The largest absolute Gasteiger partial charge is 0.490 e. The van der Waals surface area contributed by atoms with E-state index in [9.17, 15) is 4.79 Å². The average Bonchev–Trinajstić information content (AvgIpc) is 2.68. The smallest absolute Gasteiger partial charge is 0.346 e. The minimum atomic E-state index is -0.894. The van der Waals surface area contributed by atoms with Crippen LogP contribution < -0.4 is 9.47 Å². The number of rotatable bonds is 5. The highest BCUT2D eigenvalue weighted by molar-refractivity contribution is 7.21. The van der Waals surface area contributed by atoms with Gasteiger partial charge in [-0.05, 0) is 32.4 Å². The molecule has 2 aromatic rings. The van der Waals surface area contributed by atoms with Crippen LogP contribution in [-0.2, 0) is 0 Å². The van der Waals surface area contributed by atoms with E-state index in [0.29, 0.717) is 29.6 Å². The van der Waals surface area contributed by atoms with Gasteiger partial charge in [-0.25, -0.2) is 4.79 Å². The number of hydrogen-bond donors (Lipinski definition) is 1. The second kappa shape index (κ2) is 5.48. The fourth-order valence-corrected chi connectivity index (χ4v) is 3.03. The second-order valence-corrected chi connectivity index (χ2v) is 5.07. The molecule has 0 atom stereocenters. The lowest BCUT2D eigenvalue weighted by Crippen LogP contribution is -1.98. The monoisotopic (exact) mass is 280 g/mol. The number of carboxylic acids is 1. The minimum absolute atomic E-state index is 0.367. The number of carbonyl (C=O) groups is 1. The maximum atomic E-state index is 11.2. The molecule has 0 aliphatic carbocycles. The number of thiophene rings is 1. The lowest BCUT2D eigenvalue weighted by Gasteiger charge is -2.11. The molecular formula is C14H16O4S. The zero-order chi connectivity index (χ0) is 14.0. The molecule has 0 aliphatic heterocycles. The van der Waals surface area contributed by atoms with Crippen molar-refractivity contribution < 1.29 is 19.4 Å². The Kier molecular flexibility index (Phi) is 3.95. The van der Waals surface area contributed by atoms with Gasteiger partial charge in [0.25, 0.3) is 0 Å². The maximum Gasteiger partial charge on any atom is 0.346 e. The van der Waals surface area contributed by atoms with Crippen molar-refractivity contribution in [1.82, 2.24) is 0 Å². The Balaban J connectivity index is 2.63. The van der Waals surface area contributed by atoms with Crippen LogP contribution in [0.5, 0.6) is 11.5 Å². The Morgan fingerprint density at radius 2 is 1.79 bits per heavy atom. The first-order chi connectivity index (χ1) is 9.08. The quantitative estimate of drug-likeness (QED) is 0.907. The SMILES string of the molecule is CCOc1cc2sc(C(=O)O)c(C)c2cc1OCC. The molecule has 0 radical (unpaired) electrons. The summed E-state index contributed by atoms with van der Waals surface area (Å²) in [6.07, 6.45) is 0. The van der Waals surface area contributed by atoms with E-state index in [1.54, 1.807) is 0 Å². The molecule has 1 aromatic carbocycles. The molecule has 0 bridgehead atoms. The Bertz CT molecular complexity index is 615. The topological polar surface area (TPSA) is 55.8 Å². The second-order valence-electron chi connectivity index (χ2n) is 4.02. The number of benzene rings is 1. The van der Waals surface area contributed by atoms with Crippen molar-refractivity contribution >= 4 is 27.4 Å². The number of hydrogen-bond acceptors (Lipinski definition) is 4. The Morgan fingerprint density at radius 3 is 2.32 bits per heavy atom. The zero-order valence-electron chi connectivity index (χ0n) is 11.1. The van der Waals surface area contributed by atoms with Gasteiger partial charge in [-0.15, -0.1) is 11.3 Å². The molecule has 102 valence electrons. The number of fused-ring (bicyclic) bond motifs is 1. The molecule has 0 unspecified atom stereocenters. The summed E-state index contributed by atoms with van der Waals surface area (Å²) < 4.78 is 12.0. The summed E-state index contributed by atoms with van der Waals surface area (Å²) in [4.78, 5) is 11.5. The summed E-state index contributed by atoms with van der Waals surface area (Å²) in [7, 11) is 0. The molecule has 0 amide bonds. The molecule has 0 fully saturated rings. The molecule has 0 spiro atoms. The predicted molar refractivity (Wildman–Crippen MR) is 75.9 cm³/mol. The van der Waals surface area contributed by atoms with Crippen LogP contribution in [0.3, 0.4) is 0 Å². The van der Waals surface area contributed by atoms with Gasteiger partial charge in [-0.1, -0.05) is 0 Å². The maximum absolute atomic E-state index is 11.2. The Labute approximate surface area is 115 Å². The molecule has 1 heterocycles. The molecule has 0 saturated heterocycles. The summed E-state index contributed by atoms with van der Waals surface area (Å²) in [6.45, 7) is 6.71. The lowest BCUT2D eigenvalue weighted by atomic mass is 10.1. The van der Waals surface area contributed by atoms with Crippen molar-refractivity contribution in [1.29, 1.82) is 0 Å². The van der Waals surface area contributed by atoms with Gasteiger partial charge < -0.3 is 14.6 Å². The van der Waals surface area contributed by atoms with Crippen molar-refractivity contribution in [2.24, 2.45) is 0 Å². The van der Waals surface area contributed by atoms with Crippen LogP contribution >= 0.6 is 11.3 Å². The zero-order valence-corrected chi connectivity index (χ0v) is 12.0. The van der Waals surface area contributed by atoms with Gasteiger partial charge in [-0.2, -0.15) is 0 Å². The number of carboxylic acid groups (broad SMARTS) is 1. The molecule has 1 N–H and O–H groups in total. The summed E-state index contributed by atoms with van der Waals surface area (Å²) in [5.74, 6) is 0.430.